The molecule has 2 amide bonds. The number of carbonyl (C=O) groups excluding carboxylic acids is 3. The molecule has 4 rings (SSSR count). The molecule has 2 atom stereocenters. The van der Waals surface area contributed by atoms with E-state index in [-0.39, 0.29) is 35.6 Å². The van der Waals surface area contributed by atoms with Gasteiger partial charge in [-0.2, -0.15) is 9.36 Å². The Labute approximate surface area is 229 Å². The van der Waals surface area contributed by atoms with Crippen LogP contribution in [0.25, 0.3) is 0 Å². The Balaban J connectivity index is 1.54. The van der Waals surface area contributed by atoms with Crippen molar-refractivity contribution in [3.63, 3.8) is 0 Å². The highest BCUT2D eigenvalue weighted by Crippen LogP contribution is 2.40. The topological polar surface area (TPSA) is 224 Å². The molecule has 4 heterocycles. The molecule has 206 valence electrons. The normalized spacial score (nSPS) is 19.3. The van der Waals surface area contributed by atoms with Gasteiger partial charge in [-0.3, -0.25) is 14.5 Å². The van der Waals surface area contributed by atoms with E-state index in [4.69, 9.17) is 10.6 Å². The third kappa shape index (κ3) is 5.69. The Morgan fingerprint density at radius 2 is 2.05 bits per heavy atom. The fourth-order valence-corrected chi connectivity index (χ4v) is 5.41. The SMILES string of the molecule is CC(C)(O/N=C(\C(=O)N[C@@H]1C(=O)N2C(C(=O)[O-])=C(C[n+]3ccc(CO)cc3)CS[C@@H]12)c1nsc(N)n1)C(=O)O. The average molecular weight is 578 g/mol. The van der Waals surface area contributed by atoms with E-state index in [1.165, 1.54) is 25.6 Å². The molecule has 0 spiro atoms. The standard InChI is InChI=1S/C22H23N7O8S2/c1-22(2,20(35)36)37-26-12(15-25-21(23)39-27-15)16(31)24-13-17(32)29-14(19(33)34)11(9-38-18(13)29)7-28-5-3-10(8-30)4-6-28/h3-6,13,18,30H,7-9H2,1-2H3,(H4-,23,24,25,27,31,33,34,35,36)/b26-12-/t13-,18+/m1/s1. The quantitative estimate of drug-likeness (QED) is 0.100. The first-order valence-corrected chi connectivity index (χ1v) is 13.1. The van der Waals surface area contributed by atoms with Gasteiger partial charge in [-0.1, -0.05) is 5.16 Å². The number of pyridine rings is 1. The van der Waals surface area contributed by atoms with Crippen molar-refractivity contribution in [2.24, 2.45) is 5.16 Å². The summed E-state index contributed by atoms with van der Waals surface area (Å²) in [6, 6.07) is 2.25. The van der Waals surface area contributed by atoms with Crippen LogP contribution in [-0.2, 0) is 37.2 Å². The number of aliphatic carboxylic acids is 2. The number of nitrogens with one attached hydrogen (secondary N) is 1. The molecule has 0 aliphatic carbocycles. The van der Waals surface area contributed by atoms with Gasteiger partial charge in [-0.25, -0.2) is 9.36 Å². The van der Waals surface area contributed by atoms with E-state index in [1.54, 1.807) is 29.1 Å². The second-order valence-corrected chi connectivity index (χ2v) is 10.8. The Morgan fingerprint density at radius 1 is 1.36 bits per heavy atom. The maximum atomic E-state index is 13.1. The van der Waals surface area contributed by atoms with E-state index in [1.807, 2.05) is 0 Å². The van der Waals surface area contributed by atoms with Crippen LogP contribution in [0, 0.1) is 0 Å². The van der Waals surface area contributed by atoms with Crippen molar-refractivity contribution < 1.29 is 43.9 Å². The number of hydrogen-bond acceptors (Lipinski definition) is 13. The molecule has 1 fully saturated rings. The van der Waals surface area contributed by atoms with Crippen LogP contribution in [0.5, 0.6) is 0 Å². The minimum absolute atomic E-state index is 0.0110. The van der Waals surface area contributed by atoms with Crippen LogP contribution in [0.2, 0.25) is 0 Å². The first kappa shape index (κ1) is 27.9. The zero-order valence-corrected chi connectivity index (χ0v) is 22.2. The van der Waals surface area contributed by atoms with Gasteiger partial charge in [0.25, 0.3) is 11.8 Å². The van der Waals surface area contributed by atoms with Crippen molar-refractivity contribution >= 4 is 57.9 Å². The minimum atomic E-state index is -1.80. The second-order valence-electron chi connectivity index (χ2n) is 8.94. The van der Waals surface area contributed by atoms with Gasteiger partial charge in [0.15, 0.2) is 24.1 Å². The van der Waals surface area contributed by atoms with E-state index < -0.39 is 46.5 Å². The lowest BCUT2D eigenvalue weighted by molar-refractivity contribution is -0.689. The lowest BCUT2D eigenvalue weighted by atomic mass is 10.0. The maximum Gasteiger partial charge on any atom is 0.350 e. The molecule has 0 saturated carbocycles. The number of carboxylic acids is 2. The van der Waals surface area contributed by atoms with E-state index in [2.05, 4.69) is 19.8 Å². The lowest BCUT2D eigenvalue weighted by Gasteiger charge is -2.50. The molecular weight excluding hydrogens is 554 g/mol. The summed E-state index contributed by atoms with van der Waals surface area (Å²) in [5.41, 5.74) is 4.14. The molecular formula is C22H23N7O8S2. The molecule has 1 saturated heterocycles. The molecule has 0 bridgehead atoms. The van der Waals surface area contributed by atoms with Crippen molar-refractivity contribution in [2.75, 3.05) is 11.5 Å². The summed E-state index contributed by atoms with van der Waals surface area (Å²) in [5.74, 6) is -4.51. The predicted octanol–water partition coefficient (Wildman–Crippen LogP) is -2.41. The predicted molar refractivity (Wildman–Crippen MR) is 133 cm³/mol. The summed E-state index contributed by atoms with van der Waals surface area (Å²) in [6.07, 6.45) is 3.36. The van der Waals surface area contributed by atoms with Crippen molar-refractivity contribution in [2.45, 2.75) is 44.0 Å². The van der Waals surface area contributed by atoms with E-state index in [0.717, 1.165) is 16.4 Å². The Kier molecular flexibility index (Phi) is 7.84. The number of carboxylic acid groups (broad SMARTS) is 2. The van der Waals surface area contributed by atoms with Crippen LogP contribution >= 0.6 is 23.3 Å². The number of β-lactam (4-membered cyclic amide) rings is 1. The number of aliphatic hydroxyl groups excluding tert-OH is 1. The number of anilines is 1. The molecule has 2 aromatic heterocycles. The van der Waals surface area contributed by atoms with E-state index >= 15 is 0 Å². The summed E-state index contributed by atoms with van der Waals surface area (Å²) >= 11 is 2.01. The first-order chi connectivity index (χ1) is 18.4. The number of oxime groups is 1. The van der Waals surface area contributed by atoms with Gasteiger partial charge in [0, 0.05) is 35.0 Å². The van der Waals surface area contributed by atoms with Crippen molar-refractivity contribution in [1.82, 2.24) is 19.6 Å². The number of fused-ring (bicyclic) bond motifs is 1. The molecule has 17 heteroatoms. The Morgan fingerprint density at radius 3 is 2.62 bits per heavy atom. The molecule has 2 aliphatic heterocycles. The summed E-state index contributed by atoms with van der Waals surface area (Å²) < 4.78 is 5.61. The number of carbonyl (C=O) groups is 4. The zero-order chi connectivity index (χ0) is 28.5. The van der Waals surface area contributed by atoms with Crippen molar-refractivity contribution in [3.8, 4) is 0 Å². The van der Waals surface area contributed by atoms with Gasteiger partial charge in [0.2, 0.25) is 17.1 Å². The van der Waals surface area contributed by atoms with Gasteiger partial charge in [-0.05, 0) is 19.4 Å². The third-order valence-electron chi connectivity index (χ3n) is 5.79. The molecule has 2 aromatic rings. The molecule has 0 aromatic carbocycles. The summed E-state index contributed by atoms with van der Waals surface area (Å²) in [6.45, 7) is 2.46. The number of amides is 2. The van der Waals surface area contributed by atoms with Crippen molar-refractivity contribution in [3.05, 3.63) is 47.2 Å². The van der Waals surface area contributed by atoms with E-state index in [0.29, 0.717) is 11.1 Å². The molecule has 0 unspecified atom stereocenters. The largest absolute Gasteiger partial charge is 0.543 e. The number of rotatable bonds is 10. The molecule has 0 radical (unpaired) electrons. The zero-order valence-electron chi connectivity index (χ0n) is 20.6. The lowest BCUT2D eigenvalue weighted by Crippen LogP contribution is -2.71. The first-order valence-electron chi connectivity index (χ1n) is 11.3. The third-order valence-corrected chi connectivity index (χ3v) is 7.67. The molecule has 5 N–H and O–H groups in total. The highest BCUT2D eigenvalue weighted by Gasteiger charge is 2.53. The Hall–Kier alpha value is -4.09. The monoisotopic (exact) mass is 577 g/mol. The van der Waals surface area contributed by atoms with Gasteiger partial charge in [0.05, 0.1) is 18.3 Å². The van der Waals surface area contributed by atoms with Crippen LogP contribution in [-0.4, -0.2) is 76.7 Å². The smallest absolute Gasteiger partial charge is 0.350 e. The number of nitrogen functional groups attached to an aromatic ring is 1. The van der Waals surface area contributed by atoms with E-state index in [9.17, 15) is 34.5 Å². The number of nitrogens with zero attached hydrogens (tertiary/aromatic N) is 5. The van der Waals surface area contributed by atoms with Gasteiger partial charge in [0.1, 0.15) is 11.4 Å². The summed E-state index contributed by atoms with van der Waals surface area (Å²) in [5, 5.41) is 35.9. The highest BCUT2D eigenvalue weighted by atomic mass is 32.2. The summed E-state index contributed by atoms with van der Waals surface area (Å²) in [7, 11) is 0. The molecule has 2 aliphatic rings. The number of thioether (sulfide) groups is 1. The summed E-state index contributed by atoms with van der Waals surface area (Å²) in [4.78, 5) is 59.5. The van der Waals surface area contributed by atoms with Crippen LogP contribution in [0.1, 0.15) is 25.2 Å². The molecule has 15 nitrogen and oxygen atoms in total. The number of aromatic nitrogens is 3. The minimum Gasteiger partial charge on any atom is -0.543 e. The fraction of sp³-hybridized carbons (Fsp3) is 0.364. The van der Waals surface area contributed by atoms with Gasteiger partial charge >= 0.3 is 5.97 Å². The second kappa shape index (κ2) is 11.0. The highest BCUT2D eigenvalue weighted by molar-refractivity contribution is 8.00. The van der Waals surface area contributed by atoms with Crippen LogP contribution in [0.4, 0.5) is 5.13 Å². The number of hydrogen-bond donors (Lipinski definition) is 4. The maximum absolute atomic E-state index is 13.1. The molecule has 39 heavy (non-hydrogen) atoms. The number of nitrogens with two attached hydrogens (primary N) is 1. The van der Waals surface area contributed by atoms with Crippen LogP contribution < -0.4 is 20.7 Å². The Bertz CT molecular complexity index is 1390. The fourth-order valence-electron chi connectivity index (χ4n) is 3.64. The average Bonchev–Trinajstić information content (AvgIpc) is 3.32. The number of aliphatic hydroxyl groups is 1. The van der Waals surface area contributed by atoms with Crippen LogP contribution in [0.15, 0.2) is 41.0 Å². The van der Waals surface area contributed by atoms with Gasteiger partial charge < -0.3 is 36.0 Å². The van der Waals surface area contributed by atoms with Gasteiger partial charge in [-0.15, -0.1) is 11.8 Å². The van der Waals surface area contributed by atoms with Crippen molar-refractivity contribution in [1.29, 1.82) is 0 Å². The van der Waals surface area contributed by atoms with Crippen LogP contribution in [0.3, 0.4) is 0 Å².